The molecule has 5 heterocycles. The van der Waals surface area contributed by atoms with Crippen LogP contribution in [-0.2, 0) is 16.6 Å². The maximum atomic E-state index is 12.1. The van der Waals surface area contributed by atoms with Gasteiger partial charge in [-0.05, 0) is 46.2 Å². The molecular weight excluding hydrogens is 564 g/mol. The summed E-state index contributed by atoms with van der Waals surface area (Å²) in [6.07, 6.45) is 5.40. The Labute approximate surface area is 255 Å². The van der Waals surface area contributed by atoms with Crippen LogP contribution in [0.1, 0.15) is 61.4 Å². The van der Waals surface area contributed by atoms with Gasteiger partial charge in [-0.15, -0.1) is 11.3 Å². The largest absolute Gasteiger partial charge is 0.490 e. The Morgan fingerprint density at radius 2 is 2.07 bits per heavy atom. The molecule has 1 aliphatic carbocycles. The molecule has 12 heteroatoms. The summed E-state index contributed by atoms with van der Waals surface area (Å²) in [7, 11) is 2.13. The lowest BCUT2D eigenvalue weighted by Gasteiger charge is -2.39. The second kappa shape index (κ2) is 11.6. The fourth-order valence-corrected chi connectivity index (χ4v) is 7.87. The molecule has 3 aromatic heterocycles. The fourth-order valence-electron chi connectivity index (χ4n) is 6.68. The van der Waals surface area contributed by atoms with Gasteiger partial charge in [0.25, 0.3) is 0 Å². The Morgan fingerprint density at radius 1 is 1.28 bits per heavy atom. The number of thiophene rings is 1. The lowest BCUT2D eigenvalue weighted by molar-refractivity contribution is -0.127. The number of aromatic nitrogens is 3. The minimum atomic E-state index is -0.613. The molecule has 0 saturated carbocycles. The number of pyridine rings is 1. The minimum Gasteiger partial charge on any atom is -0.490 e. The van der Waals surface area contributed by atoms with E-state index in [4.69, 9.17) is 25.0 Å². The lowest BCUT2D eigenvalue weighted by Crippen LogP contribution is -2.50. The van der Waals surface area contributed by atoms with E-state index in [-0.39, 0.29) is 18.1 Å². The van der Waals surface area contributed by atoms with Crippen molar-refractivity contribution in [3.63, 3.8) is 0 Å². The predicted molar refractivity (Wildman–Crippen MR) is 165 cm³/mol. The lowest BCUT2D eigenvalue weighted by atomic mass is 9.72. The van der Waals surface area contributed by atoms with E-state index in [2.05, 4.69) is 48.5 Å². The van der Waals surface area contributed by atoms with Crippen molar-refractivity contribution < 1.29 is 14.1 Å². The van der Waals surface area contributed by atoms with Crippen molar-refractivity contribution in [2.24, 2.45) is 0 Å². The summed E-state index contributed by atoms with van der Waals surface area (Å²) in [4.78, 5) is 29.5. The van der Waals surface area contributed by atoms with Gasteiger partial charge in [0.1, 0.15) is 34.4 Å². The van der Waals surface area contributed by atoms with E-state index in [0.29, 0.717) is 46.8 Å². The van der Waals surface area contributed by atoms with Crippen molar-refractivity contribution in [1.82, 2.24) is 24.9 Å². The van der Waals surface area contributed by atoms with Crippen molar-refractivity contribution in [3.05, 3.63) is 46.7 Å². The molecule has 2 atom stereocenters. The third-order valence-electron chi connectivity index (χ3n) is 9.02. The molecule has 43 heavy (non-hydrogen) atoms. The van der Waals surface area contributed by atoms with Gasteiger partial charge in [0, 0.05) is 74.2 Å². The maximum Gasteiger partial charge on any atom is 0.245 e. The van der Waals surface area contributed by atoms with Crippen molar-refractivity contribution in [2.75, 3.05) is 50.4 Å². The highest BCUT2D eigenvalue weighted by molar-refractivity contribution is 7.16. The first-order chi connectivity index (χ1) is 20.7. The number of hydrogen-bond acceptors (Lipinski definition) is 11. The molecule has 0 bridgehead atoms. The average molecular weight is 603 g/mol. The Bertz CT molecular complexity index is 1570. The van der Waals surface area contributed by atoms with Crippen LogP contribution < -0.4 is 15.4 Å². The van der Waals surface area contributed by atoms with E-state index >= 15 is 0 Å². The predicted octanol–water partition coefficient (Wildman–Crippen LogP) is 3.99. The highest BCUT2D eigenvalue weighted by atomic mass is 32.1. The number of nitrogen functional groups attached to an aromatic ring is 1. The maximum absolute atomic E-state index is 12.1. The van der Waals surface area contributed by atoms with Gasteiger partial charge < -0.3 is 29.7 Å². The number of nitriles is 1. The van der Waals surface area contributed by atoms with E-state index in [9.17, 15) is 10.1 Å². The zero-order chi connectivity index (χ0) is 30.3. The monoisotopic (exact) mass is 602 g/mol. The molecule has 11 nitrogen and oxygen atoms in total. The van der Waals surface area contributed by atoms with Crippen LogP contribution in [0.3, 0.4) is 0 Å². The van der Waals surface area contributed by atoms with Crippen LogP contribution in [-0.4, -0.2) is 82.7 Å². The summed E-state index contributed by atoms with van der Waals surface area (Å²) in [6.45, 7) is 11.8. The average Bonchev–Trinajstić information content (AvgIpc) is 3.63. The highest BCUT2D eigenvalue weighted by Gasteiger charge is 2.43. The molecule has 226 valence electrons. The molecule has 0 radical (unpaired) electrons. The van der Waals surface area contributed by atoms with Gasteiger partial charge in [-0.3, -0.25) is 4.79 Å². The molecule has 2 N–H and O–H groups in total. The number of piperazine rings is 1. The van der Waals surface area contributed by atoms with Gasteiger partial charge >= 0.3 is 0 Å². The number of rotatable bonds is 6. The molecular formula is C31H38N8O3S. The van der Waals surface area contributed by atoms with Crippen molar-refractivity contribution in [1.29, 1.82) is 5.26 Å². The number of amides is 1. The van der Waals surface area contributed by atoms with Gasteiger partial charge in [0.2, 0.25) is 17.6 Å². The zero-order valence-electron chi connectivity index (χ0n) is 25.0. The smallest absolute Gasteiger partial charge is 0.245 e. The number of piperidine rings is 1. The Hall–Kier alpha value is -3.95. The van der Waals surface area contributed by atoms with Crippen LogP contribution >= 0.6 is 11.3 Å². The minimum absolute atomic E-state index is 0.0317. The van der Waals surface area contributed by atoms with E-state index in [0.717, 1.165) is 68.0 Å². The third kappa shape index (κ3) is 5.47. The Morgan fingerprint density at radius 3 is 2.79 bits per heavy atom. The van der Waals surface area contributed by atoms with E-state index in [1.54, 1.807) is 4.90 Å². The molecule has 1 amide bonds. The first-order valence-corrected chi connectivity index (χ1v) is 15.7. The topological polar surface area (TPSA) is 138 Å². The summed E-state index contributed by atoms with van der Waals surface area (Å²) >= 11 is 1.48. The molecule has 2 aliphatic heterocycles. The number of fused-ring (bicyclic) bond motifs is 1. The van der Waals surface area contributed by atoms with E-state index < -0.39 is 5.41 Å². The van der Waals surface area contributed by atoms with Gasteiger partial charge in [0.05, 0.1) is 11.0 Å². The number of anilines is 2. The van der Waals surface area contributed by atoms with Crippen LogP contribution in [0.25, 0.3) is 11.5 Å². The number of nitrogens with two attached hydrogens (primary N) is 1. The molecule has 0 aromatic carbocycles. The zero-order valence-corrected chi connectivity index (χ0v) is 25.8. The van der Waals surface area contributed by atoms with E-state index in [1.807, 2.05) is 12.1 Å². The van der Waals surface area contributed by atoms with Crippen LogP contribution in [0.4, 0.5) is 10.8 Å². The van der Waals surface area contributed by atoms with Crippen LogP contribution in [0.5, 0.6) is 5.75 Å². The summed E-state index contributed by atoms with van der Waals surface area (Å²) in [5.74, 6) is 2.29. The van der Waals surface area contributed by atoms with Crippen LogP contribution in [0.2, 0.25) is 0 Å². The van der Waals surface area contributed by atoms with Gasteiger partial charge in [-0.1, -0.05) is 11.7 Å². The normalized spacial score (nSPS) is 23.1. The standard InChI is InChI=1S/C31H38N8O3S/c1-5-26(40)38-11-8-20(9-12-38)41-21-15-23(34-25(16-21)39-14-13-37(4)18-19(39)2)29-35-30(42-36-29)31(3)10-6-7-24-27(31)22(17-32)28(33)43-24/h5,15-16,19-20H,1,6-14,18,33H2,2-4H3/t19-,31+/m0/s1. The highest BCUT2D eigenvalue weighted by Crippen LogP contribution is 2.48. The van der Waals surface area contributed by atoms with Gasteiger partial charge in [-0.2, -0.15) is 10.2 Å². The van der Waals surface area contributed by atoms with Crippen molar-refractivity contribution >= 4 is 28.1 Å². The molecule has 2 saturated heterocycles. The molecule has 0 unspecified atom stereocenters. The van der Waals surface area contributed by atoms with Crippen LogP contribution in [0, 0.1) is 11.3 Å². The van der Waals surface area contributed by atoms with Gasteiger partial charge in [-0.25, -0.2) is 4.98 Å². The Kier molecular flexibility index (Phi) is 7.87. The molecule has 6 rings (SSSR count). The first-order valence-electron chi connectivity index (χ1n) is 14.9. The van der Waals surface area contributed by atoms with E-state index in [1.165, 1.54) is 17.4 Å². The summed E-state index contributed by atoms with van der Waals surface area (Å²) in [5.41, 5.74) is 7.62. The second-order valence-corrected chi connectivity index (χ2v) is 13.2. The summed E-state index contributed by atoms with van der Waals surface area (Å²) in [5, 5.41) is 14.8. The number of carbonyl (C=O) groups is 1. The number of hydrogen-bond donors (Lipinski definition) is 1. The molecule has 3 aromatic rings. The SMILES string of the molecule is C=CC(=O)N1CCC(Oc2cc(-c3noc([C@]4(C)CCCc5sc(N)c(C#N)c54)n3)nc(N3CCN(C)C[C@@H]3C)c2)CC1. The van der Waals surface area contributed by atoms with Crippen molar-refractivity contribution in [3.8, 4) is 23.3 Å². The third-order valence-corrected chi connectivity index (χ3v) is 10.1. The first kappa shape index (κ1) is 29.1. The summed E-state index contributed by atoms with van der Waals surface area (Å²) < 4.78 is 12.4. The Balaban J connectivity index is 1.33. The number of carbonyl (C=O) groups excluding carboxylic acids is 1. The van der Waals surface area contributed by atoms with Gasteiger partial charge in [0.15, 0.2) is 0 Å². The number of aryl methyl sites for hydroxylation is 1. The molecule has 0 spiro atoms. The molecule has 2 fully saturated rings. The number of ether oxygens (including phenoxy) is 1. The number of likely N-dealkylation sites (N-methyl/N-ethyl adjacent to an activating group) is 1. The summed E-state index contributed by atoms with van der Waals surface area (Å²) in [6, 6.07) is 6.44. The number of likely N-dealkylation sites (tertiary alicyclic amines) is 1. The number of nitrogens with zero attached hydrogens (tertiary/aromatic N) is 7. The van der Waals surface area contributed by atoms with Crippen LogP contribution in [0.15, 0.2) is 29.3 Å². The molecule has 3 aliphatic rings. The quantitative estimate of drug-likeness (QED) is 0.412. The second-order valence-electron chi connectivity index (χ2n) is 12.1. The van der Waals surface area contributed by atoms with Crippen molar-refractivity contribution in [2.45, 2.75) is 63.5 Å². The fraction of sp³-hybridized carbons (Fsp3) is 0.516.